The van der Waals surface area contributed by atoms with Crippen molar-refractivity contribution in [1.82, 2.24) is 0 Å². The fraction of sp³-hybridized carbons (Fsp3) is 0.360. The van der Waals surface area contributed by atoms with Gasteiger partial charge >= 0.3 is 0 Å². The average Bonchev–Trinajstić information content (AvgIpc) is 3.16. The lowest BCUT2D eigenvalue weighted by Gasteiger charge is -2.24. The van der Waals surface area contributed by atoms with Crippen LogP contribution in [0.3, 0.4) is 0 Å². The number of carbonyl (C=O) groups is 2. The SMILES string of the molecule is CCC(SC1=Nc2ccccc2C2=NC(C(C)CC)C(=O)C12)C(=O)Nc1ccc(Cl)cc1. The molecule has 32 heavy (non-hydrogen) atoms. The van der Waals surface area contributed by atoms with E-state index < -0.39 is 5.92 Å². The Morgan fingerprint density at radius 2 is 1.84 bits per heavy atom. The summed E-state index contributed by atoms with van der Waals surface area (Å²) < 4.78 is 0. The summed E-state index contributed by atoms with van der Waals surface area (Å²) in [4.78, 5) is 36.1. The minimum atomic E-state index is -0.494. The summed E-state index contributed by atoms with van der Waals surface area (Å²) in [5.41, 5.74) is 3.20. The first-order valence-electron chi connectivity index (χ1n) is 10.9. The second-order valence-corrected chi connectivity index (χ2v) is 9.82. The van der Waals surface area contributed by atoms with Crippen LogP contribution < -0.4 is 5.32 Å². The molecule has 1 N–H and O–H groups in total. The van der Waals surface area contributed by atoms with E-state index in [9.17, 15) is 9.59 Å². The number of carbonyl (C=O) groups excluding carboxylic acids is 2. The highest BCUT2D eigenvalue weighted by atomic mass is 35.5. The number of rotatable bonds is 6. The summed E-state index contributed by atoms with van der Waals surface area (Å²) in [6.07, 6.45) is 1.48. The van der Waals surface area contributed by atoms with Gasteiger partial charge in [-0.1, -0.05) is 68.8 Å². The Morgan fingerprint density at radius 1 is 1.12 bits per heavy atom. The quantitative estimate of drug-likeness (QED) is 0.571. The third-order valence-corrected chi connectivity index (χ3v) is 7.66. The van der Waals surface area contributed by atoms with E-state index in [1.807, 2.05) is 31.2 Å². The monoisotopic (exact) mass is 467 g/mol. The molecule has 2 aromatic carbocycles. The number of thioether (sulfide) groups is 1. The number of hydrogen-bond acceptors (Lipinski definition) is 5. The van der Waals surface area contributed by atoms with Crippen molar-refractivity contribution >= 4 is 57.2 Å². The number of halogens is 1. The molecule has 2 aliphatic rings. The molecular formula is C25H26ClN3O2S. The fourth-order valence-corrected chi connectivity index (χ4v) is 5.24. The minimum absolute atomic E-state index is 0.0862. The van der Waals surface area contributed by atoms with Gasteiger partial charge in [0.1, 0.15) is 12.0 Å². The van der Waals surface area contributed by atoms with Gasteiger partial charge in [0.25, 0.3) is 0 Å². The van der Waals surface area contributed by atoms with Gasteiger partial charge < -0.3 is 5.32 Å². The highest BCUT2D eigenvalue weighted by molar-refractivity contribution is 8.15. The highest BCUT2D eigenvalue weighted by Crippen LogP contribution is 2.40. The summed E-state index contributed by atoms with van der Waals surface area (Å²) in [7, 11) is 0. The van der Waals surface area contributed by atoms with E-state index in [1.54, 1.807) is 24.3 Å². The van der Waals surface area contributed by atoms with Gasteiger partial charge in [-0.25, -0.2) is 4.99 Å². The molecule has 0 fully saturated rings. The molecular weight excluding hydrogens is 442 g/mol. The zero-order valence-electron chi connectivity index (χ0n) is 18.3. The molecule has 0 aromatic heterocycles. The first-order valence-corrected chi connectivity index (χ1v) is 12.2. The lowest BCUT2D eigenvalue weighted by atomic mass is 9.88. The smallest absolute Gasteiger partial charge is 0.237 e. The molecule has 0 aliphatic carbocycles. The standard InChI is InChI=1S/C25H26ClN3O2S/c1-4-14(3)21-23(30)20-22(29-21)17-8-6-7-9-18(17)28-25(20)32-19(5-2)24(31)27-16-12-10-15(26)11-13-16/h6-14,19-21H,4-5H2,1-3H3,(H,27,31). The first kappa shape index (κ1) is 22.7. The third kappa shape index (κ3) is 4.39. The van der Waals surface area contributed by atoms with Gasteiger partial charge in [-0.3, -0.25) is 14.6 Å². The van der Waals surface area contributed by atoms with Crippen LogP contribution >= 0.6 is 23.4 Å². The number of hydrogen-bond donors (Lipinski definition) is 1. The Labute approximate surface area is 197 Å². The number of para-hydroxylation sites is 1. The van der Waals surface area contributed by atoms with Crippen LogP contribution in [0.25, 0.3) is 0 Å². The van der Waals surface area contributed by atoms with Crippen LogP contribution in [0.2, 0.25) is 5.02 Å². The number of ketones is 1. The van der Waals surface area contributed by atoms with Crippen LogP contribution in [-0.4, -0.2) is 33.7 Å². The zero-order chi connectivity index (χ0) is 22.8. The zero-order valence-corrected chi connectivity index (χ0v) is 19.9. The van der Waals surface area contributed by atoms with Crippen molar-refractivity contribution in [3.05, 3.63) is 59.1 Å². The van der Waals surface area contributed by atoms with Crippen LogP contribution in [0.1, 0.15) is 39.2 Å². The van der Waals surface area contributed by atoms with Crippen molar-refractivity contribution in [3.63, 3.8) is 0 Å². The van der Waals surface area contributed by atoms with Gasteiger partial charge in [0.2, 0.25) is 5.91 Å². The number of amides is 1. The predicted molar refractivity (Wildman–Crippen MR) is 134 cm³/mol. The number of benzene rings is 2. The second-order valence-electron chi connectivity index (χ2n) is 8.16. The van der Waals surface area contributed by atoms with Gasteiger partial charge in [0.15, 0.2) is 5.78 Å². The van der Waals surface area contributed by atoms with Gasteiger partial charge in [-0.05, 0) is 42.7 Å². The average molecular weight is 468 g/mol. The Morgan fingerprint density at radius 3 is 2.53 bits per heavy atom. The molecule has 7 heteroatoms. The number of aliphatic imine (C=N–C) groups is 2. The molecule has 0 saturated heterocycles. The third-order valence-electron chi connectivity index (χ3n) is 6.01. The maximum Gasteiger partial charge on any atom is 0.237 e. The Hall–Kier alpha value is -2.44. The fourth-order valence-electron chi connectivity index (χ4n) is 3.98. The maximum atomic E-state index is 13.4. The van der Waals surface area contributed by atoms with E-state index in [0.29, 0.717) is 22.2 Å². The van der Waals surface area contributed by atoms with E-state index in [2.05, 4.69) is 19.2 Å². The maximum absolute atomic E-state index is 13.4. The molecule has 4 rings (SSSR count). The topological polar surface area (TPSA) is 70.9 Å². The summed E-state index contributed by atoms with van der Waals surface area (Å²) >= 11 is 7.31. The number of nitrogens with zero attached hydrogens (tertiary/aromatic N) is 2. The van der Waals surface area contributed by atoms with Crippen LogP contribution in [0.15, 0.2) is 58.5 Å². The lowest BCUT2D eigenvalue weighted by molar-refractivity contribution is -0.120. The highest BCUT2D eigenvalue weighted by Gasteiger charge is 2.46. The first-order chi connectivity index (χ1) is 15.4. The van der Waals surface area contributed by atoms with Crippen LogP contribution in [0, 0.1) is 11.8 Å². The molecule has 0 saturated carbocycles. The van der Waals surface area contributed by atoms with Crippen LogP contribution in [-0.2, 0) is 9.59 Å². The number of fused-ring (bicyclic) bond motifs is 3. The van der Waals surface area contributed by atoms with Crippen molar-refractivity contribution in [3.8, 4) is 0 Å². The molecule has 0 spiro atoms. The van der Waals surface area contributed by atoms with E-state index in [-0.39, 0.29) is 28.9 Å². The molecule has 0 bridgehead atoms. The van der Waals surface area contributed by atoms with Gasteiger partial charge in [-0.15, -0.1) is 0 Å². The number of anilines is 1. The molecule has 1 amide bonds. The minimum Gasteiger partial charge on any atom is -0.325 e. The molecule has 2 aromatic rings. The van der Waals surface area contributed by atoms with Crippen LogP contribution in [0.5, 0.6) is 0 Å². The van der Waals surface area contributed by atoms with E-state index in [0.717, 1.165) is 23.4 Å². The Bertz CT molecular complexity index is 1100. The molecule has 5 nitrogen and oxygen atoms in total. The predicted octanol–water partition coefficient (Wildman–Crippen LogP) is 5.94. The lowest BCUT2D eigenvalue weighted by Crippen LogP contribution is -2.36. The number of nitrogens with one attached hydrogen (secondary N) is 1. The second kappa shape index (κ2) is 9.59. The van der Waals surface area contributed by atoms with Crippen molar-refractivity contribution in [2.24, 2.45) is 21.8 Å². The summed E-state index contributed by atoms with van der Waals surface area (Å²) in [5.74, 6) is -0.368. The van der Waals surface area contributed by atoms with Crippen molar-refractivity contribution < 1.29 is 9.59 Å². The summed E-state index contributed by atoms with van der Waals surface area (Å²) in [6, 6.07) is 14.4. The Kier molecular flexibility index (Phi) is 6.82. The molecule has 2 aliphatic heterocycles. The van der Waals surface area contributed by atoms with E-state index in [1.165, 1.54) is 11.8 Å². The van der Waals surface area contributed by atoms with Crippen molar-refractivity contribution in [2.45, 2.75) is 44.9 Å². The van der Waals surface area contributed by atoms with Crippen molar-refractivity contribution in [2.75, 3.05) is 5.32 Å². The Balaban J connectivity index is 1.62. The van der Waals surface area contributed by atoms with E-state index >= 15 is 0 Å². The molecule has 4 unspecified atom stereocenters. The molecule has 0 radical (unpaired) electrons. The van der Waals surface area contributed by atoms with E-state index in [4.69, 9.17) is 21.6 Å². The van der Waals surface area contributed by atoms with Crippen molar-refractivity contribution in [1.29, 1.82) is 0 Å². The largest absolute Gasteiger partial charge is 0.325 e. The summed E-state index contributed by atoms with van der Waals surface area (Å²) in [6.45, 7) is 6.10. The molecule has 166 valence electrons. The normalized spacial score (nSPS) is 21.2. The summed E-state index contributed by atoms with van der Waals surface area (Å²) in [5, 5.41) is 3.84. The van der Waals surface area contributed by atoms with Gasteiger partial charge in [0.05, 0.1) is 21.7 Å². The van der Waals surface area contributed by atoms with Gasteiger partial charge in [-0.2, -0.15) is 0 Å². The van der Waals surface area contributed by atoms with Gasteiger partial charge in [0, 0.05) is 16.3 Å². The number of Topliss-reactive ketones (excluding diaryl/α,β-unsaturated/α-hetero) is 1. The molecule has 4 atom stereocenters. The van der Waals surface area contributed by atoms with Crippen LogP contribution in [0.4, 0.5) is 11.4 Å². The molecule has 2 heterocycles.